The summed E-state index contributed by atoms with van der Waals surface area (Å²) in [6, 6.07) is 12.6. The molecule has 2 aromatic carbocycles. The lowest BCUT2D eigenvalue weighted by Crippen LogP contribution is -2.17. The molecule has 4 aromatic rings. The Hall–Kier alpha value is -2.88. The highest BCUT2D eigenvalue weighted by Gasteiger charge is 2.21. The number of nitrogens with two attached hydrogens (primary N) is 1. The lowest BCUT2D eigenvalue weighted by atomic mass is 9.94. The minimum absolute atomic E-state index is 0. The SMILES string of the molecule is CS(=O)(=O)c1ccc(F)c(CC(N)c2ccccc2-c2noc3ccc(F)cc23)n1.Cl. The van der Waals surface area contributed by atoms with E-state index in [1.165, 1.54) is 18.2 Å². The monoisotopic (exact) mass is 465 g/mol. The topological polar surface area (TPSA) is 99.1 Å². The van der Waals surface area contributed by atoms with Gasteiger partial charge in [-0.3, -0.25) is 0 Å². The Labute approximate surface area is 183 Å². The van der Waals surface area contributed by atoms with Crippen LogP contribution in [0.15, 0.2) is 64.1 Å². The molecule has 0 radical (unpaired) electrons. The van der Waals surface area contributed by atoms with E-state index in [9.17, 15) is 17.2 Å². The van der Waals surface area contributed by atoms with E-state index < -0.39 is 27.5 Å². The largest absolute Gasteiger partial charge is 0.356 e. The van der Waals surface area contributed by atoms with Gasteiger partial charge in [-0.15, -0.1) is 12.4 Å². The van der Waals surface area contributed by atoms with Crippen LogP contribution in [0.3, 0.4) is 0 Å². The van der Waals surface area contributed by atoms with Gasteiger partial charge in [-0.05, 0) is 35.9 Å². The van der Waals surface area contributed by atoms with Crippen LogP contribution in [0.5, 0.6) is 0 Å². The van der Waals surface area contributed by atoms with Gasteiger partial charge in [-0.2, -0.15) is 0 Å². The Kier molecular flexibility index (Phi) is 6.40. The highest BCUT2D eigenvalue weighted by molar-refractivity contribution is 7.90. The van der Waals surface area contributed by atoms with E-state index >= 15 is 0 Å². The van der Waals surface area contributed by atoms with Crippen LogP contribution in [0.1, 0.15) is 17.3 Å². The molecule has 0 amide bonds. The van der Waals surface area contributed by atoms with Gasteiger partial charge >= 0.3 is 0 Å². The Balaban J connectivity index is 0.00000272. The number of halogens is 3. The summed E-state index contributed by atoms with van der Waals surface area (Å²) in [5.41, 5.74) is 8.34. The molecule has 1 unspecified atom stereocenters. The molecule has 4 rings (SSSR count). The van der Waals surface area contributed by atoms with Gasteiger partial charge in [0.05, 0.1) is 11.1 Å². The second kappa shape index (κ2) is 8.70. The van der Waals surface area contributed by atoms with Crippen molar-refractivity contribution in [3.63, 3.8) is 0 Å². The Morgan fingerprint density at radius 1 is 1.10 bits per heavy atom. The minimum Gasteiger partial charge on any atom is -0.356 e. The number of fused-ring (bicyclic) bond motifs is 1. The summed E-state index contributed by atoms with van der Waals surface area (Å²) < 4.78 is 56.8. The van der Waals surface area contributed by atoms with E-state index in [0.717, 1.165) is 18.4 Å². The molecule has 6 nitrogen and oxygen atoms in total. The summed E-state index contributed by atoms with van der Waals surface area (Å²) in [6.07, 6.45) is 0.956. The van der Waals surface area contributed by atoms with Crippen LogP contribution in [0.25, 0.3) is 22.2 Å². The van der Waals surface area contributed by atoms with Crippen LogP contribution in [-0.4, -0.2) is 24.8 Å². The number of sulfone groups is 1. The molecular formula is C21H18ClF2N3O3S. The molecule has 1 atom stereocenters. The predicted octanol–water partition coefficient (Wildman–Crippen LogP) is 4.24. The summed E-state index contributed by atoms with van der Waals surface area (Å²) >= 11 is 0. The standard InChI is InChI=1S/C21H17F2N3O3S.ClH/c1-30(27,28)20-9-7-16(23)18(25-20)11-17(24)13-4-2-3-5-14(13)21-15-10-12(22)6-8-19(15)29-26-21;/h2-10,17H,11,24H2,1H3;1H. The van der Waals surface area contributed by atoms with E-state index in [0.29, 0.717) is 27.8 Å². The minimum atomic E-state index is -3.59. The van der Waals surface area contributed by atoms with E-state index in [1.54, 1.807) is 24.3 Å². The summed E-state index contributed by atoms with van der Waals surface area (Å²) in [4.78, 5) is 3.94. The molecular weight excluding hydrogens is 448 g/mol. The molecule has 0 saturated heterocycles. The van der Waals surface area contributed by atoms with Gasteiger partial charge in [-0.1, -0.05) is 29.4 Å². The molecule has 0 fully saturated rings. The van der Waals surface area contributed by atoms with Gasteiger partial charge in [-0.25, -0.2) is 22.2 Å². The van der Waals surface area contributed by atoms with Gasteiger partial charge in [0.1, 0.15) is 17.3 Å². The molecule has 0 aliphatic carbocycles. The van der Waals surface area contributed by atoms with Crippen molar-refractivity contribution >= 4 is 33.2 Å². The van der Waals surface area contributed by atoms with Crippen LogP contribution in [0.2, 0.25) is 0 Å². The molecule has 0 aliphatic rings. The van der Waals surface area contributed by atoms with Crippen molar-refractivity contribution in [3.8, 4) is 11.3 Å². The Morgan fingerprint density at radius 2 is 1.84 bits per heavy atom. The van der Waals surface area contributed by atoms with Crippen LogP contribution < -0.4 is 5.73 Å². The number of hydrogen-bond donors (Lipinski definition) is 1. The van der Waals surface area contributed by atoms with Crippen molar-refractivity contribution in [1.82, 2.24) is 10.1 Å². The summed E-state index contributed by atoms with van der Waals surface area (Å²) in [7, 11) is -3.59. The average Bonchev–Trinajstić information content (AvgIpc) is 3.11. The van der Waals surface area contributed by atoms with Gasteiger partial charge in [0.2, 0.25) is 0 Å². The third-order valence-corrected chi connectivity index (χ3v) is 5.72. The van der Waals surface area contributed by atoms with Crippen LogP contribution in [0, 0.1) is 11.6 Å². The van der Waals surface area contributed by atoms with Crippen molar-refractivity contribution in [2.24, 2.45) is 5.73 Å². The van der Waals surface area contributed by atoms with Crippen molar-refractivity contribution < 1.29 is 21.7 Å². The van der Waals surface area contributed by atoms with Crippen molar-refractivity contribution in [2.45, 2.75) is 17.5 Å². The molecule has 0 aliphatic heterocycles. The smallest absolute Gasteiger partial charge is 0.192 e. The van der Waals surface area contributed by atoms with Crippen LogP contribution in [-0.2, 0) is 16.3 Å². The van der Waals surface area contributed by atoms with Gasteiger partial charge in [0.15, 0.2) is 20.4 Å². The second-order valence-electron chi connectivity index (χ2n) is 6.92. The Morgan fingerprint density at radius 3 is 2.58 bits per heavy atom. The summed E-state index contributed by atoms with van der Waals surface area (Å²) in [5.74, 6) is -1.08. The number of nitrogens with zero attached hydrogens (tertiary/aromatic N) is 2. The average molecular weight is 466 g/mol. The quantitative estimate of drug-likeness (QED) is 0.473. The fourth-order valence-corrected chi connectivity index (χ4v) is 3.86. The van der Waals surface area contributed by atoms with E-state index in [1.807, 2.05) is 0 Å². The molecule has 2 N–H and O–H groups in total. The third-order valence-electron chi connectivity index (χ3n) is 4.73. The van der Waals surface area contributed by atoms with Gasteiger partial charge in [0, 0.05) is 24.3 Å². The zero-order chi connectivity index (χ0) is 21.5. The summed E-state index contributed by atoms with van der Waals surface area (Å²) in [5, 5.41) is 4.31. The zero-order valence-corrected chi connectivity index (χ0v) is 17.9. The fourth-order valence-electron chi connectivity index (χ4n) is 3.27. The maximum absolute atomic E-state index is 14.3. The number of benzene rings is 2. The highest BCUT2D eigenvalue weighted by Crippen LogP contribution is 2.33. The Bertz CT molecular complexity index is 1360. The van der Waals surface area contributed by atoms with Crippen molar-refractivity contribution in [2.75, 3.05) is 6.26 Å². The highest BCUT2D eigenvalue weighted by atomic mass is 35.5. The lowest BCUT2D eigenvalue weighted by Gasteiger charge is -2.16. The zero-order valence-electron chi connectivity index (χ0n) is 16.2. The molecule has 2 heterocycles. The van der Waals surface area contributed by atoms with E-state index in [-0.39, 0.29) is 29.5 Å². The molecule has 162 valence electrons. The molecule has 0 spiro atoms. The number of pyridine rings is 1. The maximum Gasteiger partial charge on any atom is 0.192 e. The lowest BCUT2D eigenvalue weighted by molar-refractivity contribution is 0.459. The predicted molar refractivity (Wildman–Crippen MR) is 115 cm³/mol. The number of rotatable bonds is 5. The summed E-state index contributed by atoms with van der Waals surface area (Å²) in [6.45, 7) is 0. The molecule has 2 aromatic heterocycles. The maximum atomic E-state index is 14.3. The van der Waals surface area contributed by atoms with Crippen LogP contribution >= 0.6 is 12.4 Å². The first-order valence-corrected chi connectivity index (χ1v) is 10.9. The first-order valence-electron chi connectivity index (χ1n) is 8.99. The van der Waals surface area contributed by atoms with Gasteiger partial charge in [0.25, 0.3) is 0 Å². The normalized spacial score (nSPS) is 12.5. The van der Waals surface area contributed by atoms with Gasteiger partial charge < -0.3 is 10.3 Å². The molecule has 31 heavy (non-hydrogen) atoms. The number of aromatic nitrogens is 2. The third kappa shape index (κ3) is 4.58. The van der Waals surface area contributed by atoms with E-state index in [4.69, 9.17) is 10.3 Å². The van der Waals surface area contributed by atoms with Crippen molar-refractivity contribution in [3.05, 3.63) is 77.5 Å². The van der Waals surface area contributed by atoms with Crippen molar-refractivity contribution in [1.29, 1.82) is 0 Å². The first-order chi connectivity index (χ1) is 14.2. The van der Waals surface area contributed by atoms with Crippen LogP contribution in [0.4, 0.5) is 8.78 Å². The molecule has 0 bridgehead atoms. The molecule has 0 saturated carbocycles. The second-order valence-corrected chi connectivity index (χ2v) is 8.88. The number of hydrogen-bond acceptors (Lipinski definition) is 6. The first kappa shape index (κ1) is 22.8. The fraction of sp³-hybridized carbons (Fsp3) is 0.143. The van der Waals surface area contributed by atoms with E-state index in [2.05, 4.69) is 10.1 Å². The molecule has 10 heteroatoms.